The molecule has 0 saturated carbocycles. The standard InChI is InChI=1S/C24H46O11/c1-3-5-7-27-9-11-29-13-15-31-17-19-34-23(25)21-33-22-24(26)35-20-18-32-16-14-30-12-10-28-8-6-4-2/h3-22H2,1-2H3. The zero-order valence-electron chi connectivity index (χ0n) is 21.6. The van der Waals surface area contributed by atoms with E-state index in [1.54, 1.807) is 0 Å². The van der Waals surface area contributed by atoms with Crippen LogP contribution < -0.4 is 0 Å². The highest BCUT2D eigenvalue weighted by Crippen LogP contribution is 1.90. The van der Waals surface area contributed by atoms with Gasteiger partial charge in [0, 0.05) is 13.2 Å². The third-order valence-corrected chi connectivity index (χ3v) is 4.19. The number of hydrogen-bond acceptors (Lipinski definition) is 11. The Morgan fingerprint density at radius 3 is 1.00 bits per heavy atom. The first-order chi connectivity index (χ1) is 17.2. The van der Waals surface area contributed by atoms with Crippen LogP contribution in [0.2, 0.25) is 0 Å². The van der Waals surface area contributed by atoms with Crippen LogP contribution in [0.25, 0.3) is 0 Å². The van der Waals surface area contributed by atoms with Crippen LogP contribution in [0.1, 0.15) is 39.5 Å². The summed E-state index contributed by atoms with van der Waals surface area (Å²) in [7, 11) is 0. The lowest BCUT2D eigenvalue weighted by Gasteiger charge is -2.08. The molecule has 0 aromatic heterocycles. The molecule has 0 heterocycles. The van der Waals surface area contributed by atoms with Gasteiger partial charge in [-0.1, -0.05) is 26.7 Å². The molecule has 35 heavy (non-hydrogen) atoms. The molecule has 0 spiro atoms. The van der Waals surface area contributed by atoms with E-state index >= 15 is 0 Å². The fourth-order valence-electron chi connectivity index (χ4n) is 2.31. The van der Waals surface area contributed by atoms with E-state index in [1.807, 2.05) is 0 Å². The summed E-state index contributed by atoms with van der Waals surface area (Å²) in [5.41, 5.74) is 0. The molecule has 0 radical (unpaired) electrons. The molecule has 0 aliphatic carbocycles. The second-order valence-corrected chi connectivity index (χ2v) is 7.32. The molecule has 0 fully saturated rings. The molecule has 0 bridgehead atoms. The van der Waals surface area contributed by atoms with Crippen molar-refractivity contribution in [2.24, 2.45) is 0 Å². The molecule has 0 aromatic carbocycles. The topological polar surface area (TPSA) is 117 Å². The molecular formula is C24H46O11. The summed E-state index contributed by atoms with van der Waals surface area (Å²) in [6.45, 7) is 9.66. The van der Waals surface area contributed by atoms with Crippen molar-refractivity contribution >= 4 is 11.9 Å². The minimum atomic E-state index is -0.582. The predicted molar refractivity (Wildman–Crippen MR) is 127 cm³/mol. The largest absolute Gasteiger partial charge is 0.462 e. The summed E-state index contributed by atoms with van der Waals surface area (Å²) in [4.78, 5) is 23.1. The number of rotatable bonds is 28. The van der Waals surface area contributed by atoms with Crippen molar-refractivity contribution in [3.05, 3.63) is 0 Å². The Morgan fingerprint density at radius 1 is 0.400 bits per heavy atom. The SMILES string of the molecule is CCCCOCCOCCOCCOC(=O)COCC(=O)OCCOCCOCCOCCCC. The third-order valence-electron chi connectivity index (χ3n) is 4.19. The minimum Gasteiger partial charge on any atom is -0.462 e. The van der Waals surface area contributed by atoms with Crippen LogP contribution in [-0.4, -0.2) is 118 Å². The van der Waals surface area contributed by atoms with Gasteiger partial charge in [-0.2, -0.15) is 0 Å². The van der Waals surface area contributed by atoms with Crippen LogP contribution in [0.15, 0.2) is 0 Å². The summed E-state index contributed by atoms with van der Waals surface area (Å²) < 4.78 is 46.9. The molecule has 0 saturated heterocycles. The van der Waals surface area contributed by atoms with E-state index in [4.69, 9.17) is 42.6 Å². The van der Waals surface area contributed by atoms with Crippen LogP contribution in [0.5, 0.6) is 0 Å². The summed E-state index contributed by atoms with van der Waals surface area (Å²) >= 11 is 0. The highest BCUT2D eigenvalue weighted by Gasteiger charge is 2.07. The highest BCUT2D eigenvalue weighted by atomic mass is 16.6. The van der Waals surface area contributed by atoms with Crippen LogP contribution in [-0.2, 0) is 52.2 Å². The number of unbranched alkanes of at least 4 members (excludes halogenated alkanes) is 2. The van der Waals surface area contributed by atoms with E-state index in [9.17, 15) is 9.59 Å². The van der Waals surface area contributed by atoms with Crippen molar-refractivity contribution in [1.29, 1.82) is 0 Å². The van der Waals surface area contributed by atoms with Crippen molar-refractivity contribution in [2.45, 2.75) is 39.5 Å². The average Bonchev–Trinajstić information content (AvgIpc) is 2.85. The van der Waals surface area contributed by atoms with Crippen molar-refractivity contribution in [3.63, 3.8) is 0 Å². The summed E-state index contributed by atoms with van der Waals surface area (Å²) in [5.74, 6) is -1.16. The fraction of sp³-hybridized carbons (Fsp3) is 0.917. The first-order valence-corrected chi connectivity index (χ1v) is 12.6. The molecule has 0 atom stereocenters. The second kappa shape index (κ2) is 28.9. The molecule has 0 aromatic rings. The average molecular weight is 511 g/mol. The maximum absolute atomic E-state index is 11.5. The van der Waals surface area contributed by atoms with Gasteiger partial charge in [-0.15, -0.1) is 0 Å². The number of esters is 2. The highest BCUT2D eigenvalue weighted by molar-refractivity contribution is 5.73. The second-order valence-electron chi connectivity index (χ2n) is 7.32. The monoisotopic (exact) mass is 510 g/mol. The maximum atomic E-state index is 11.5. The van der Waals surface area contributed by atoms with E-state index in [0.29, 0.717) is 52.9 Å². The van der Waals surface area contributed by atoms with Crippen molar-refractivity contribution in [1.82, 2.24) is 0 Å². The van der Waals surface area contributed by atoms with E-state index < -0.39 is 11.9 Å². The Kier molecular flexibility index (Phi) is 27.8. The quantitative estimate of drug-likeness (QED) is 0.113. The van der Waals surface area contributed by atoms with Gasteiger partial charge in [0.25, 0.3) is 0 Å². The summed E-state index contributed by atoms with van der Waals surface area (Å²) in [6, 6.07) is 0. The molecule has 0 N–H and O–H groups in total. The fourth-order valence-corrected chi connectivity index (χ4v) is 2.31. The van der Waals surface area contributed by atoms with Gasteiger partial charge in [-0.3, -0.25) is 0 Å². The van der Waals surface area contributed by atoms with E-state index in [0.717, 1.165) is 38.9 Å². The lowest BCUT2D eigenvalue weighted by molar-refractivity contribution is -0.157. The molecule has 0 aliphatic heterocycles. The Bertz CT molecular complexity index is 423. The molecule has 0 amide bonds. The number of carbonyl (C=O) groups excluding carboxylic acids is 2. The van der Waals surface area contributed by atoms with Crippen LogP contribution in [0.4, 0.5) is 0 Å². The van der Waals surface area contributed by atoms with Crippen molar-refractivity contribution in [3.8, 4) is 0 Å². The van der Waals surface area contributed by atoms with Gasteiger partial charge < -0.3 is 42.6 Å². The van der Waals surface area contributed by atoms with Gasteiger partial charge >= 0.3 is 11.9 Å². The van der Waals surface area contributed by atoms with Gasteiger partial charge in [-0.25, -0.2) is 9.59 Å². The molecule has 11 heteroatoms. The van der Waals surface area contributed by atoms with Gasteiger partial charge in [0.1, 0.15) is 26.4 Å². The maximum Gasteiger partial charge on any atom is 0.332 e. The summed E-state index contributed by atoms with van der Waals surface area (Å²) in [5, 5.41) is 0. The Hall–Kier alpha value is -1.34. The zero-order valence-corrected chi connectivity index (χ0v) is 21.6. The number of carbonyl (C=O) groups is 2. The van der Waals surface area contributed by atoms with Crippen molar-refractivity contribution < 1.29 is 52.2 Å². The van der Waals surface area contributed by atoms with Gasteiger partial charge in [0.15, 0.2) is 0 Å². The smallest absolute Gasteiger partial charge is 0.332 e. The van der Waals surface area contributed by atoms with Crippen LogP contribution >= 0.6 is 0 Å². The van der Waals surface area contributed by atoms with Gasteiger partial charge in [-0.05, 0) is 12.8 Å². The van der Waals surface area contributed by atoms with Crippen LogP contribution in [0.3, 0.4) is 0 Å². The Labute approximate surface area is 209 Å². The first kappa shape index (κ1) is 33.7. The Morgan fingerprint density at radius 2 is 0.686 bits per heavy atom. The van der Waals surface area contributed by atoms with Crippen molar-refractivity contribution in [2.75, 3.05) is 106 Å². The van der Waals surface area contributed by atoms with Crippen LogP contribution in [0, 0.1) is 0 Å². The lowest BCUT2D eigenvalue weighted by Crippen LogP contribution is -2.21. The van der Waals surface area contributed by atoms with E-state index in [-0.39, 0.29) is 39.6 Å². The van der Waals surface area contributed by atoms with Gasteiger partial charge in [0.2, 0.25) is 0 Å². The molecule has 0 unspecified atom stereocenters. The third kappa shape index (κ3) is 28.8. The normalized spacial score (nSPS) is 11.0. The lowest BCUT2D eigenvalue weighted by atomic mass is 10.4. The van der Waals surface area contributed by atoms with Gasteiger partial charge in [0.05, 0.1) is 66.1 Å². The molecule has 0 rings (SSSR count). The summed E-state index contributed by atoms with van der Waals surface area (Å²) in [6.07, 6.45) is 4.34. The van der Waals surface area contributed by atoms with E-state index in [2.05, 4.69) is 13.8 Å². The Balaban J connectivity index is 3.28. The molecular weight excluding hydrogens is 464 g/mol. The minimum absolute atomic E-state index is 0.0969. The molecule has 0 aliphatic rings. The molecule has 11 nitrogen and oxygen atoms in total. The predicted octanol–water partition coefficient (Wildman–Crippen LogP) is 1.79. The number of ether oxygens (including phenoxy) is 9. The zero-order chi connectivity index (χ0) is 25.7. The molecule has 208 valence electrons. The number of hydrogen-bond donors (Lipinski definition) is 0. The first-order valence-electron chi connectivity index (χ1n) is 12.6. The van der Waals surface area contributed by atoms with E-state index in [1.165, 1.54) is 0 Å².